The Balaban J connectivity index is 1.31. The molecule has 1 unspecified atom stereocenters. The fourth-order valence-corrected chi connectivity index (χ4v) is 7.79. The summed E-state index contributed by atoms with van der Waals surface area (Å²) < 4.78 is 17.7. The molecular weight excluding hydrogens is 528 g/mol. The van der Waals surface area contributed by atoms with Gasteiger partial charge in [-0.05, 0) is 64.0 Å². The van der Waals surface area contributed by atoms with Crippen LogP contribution in [0, 0.1) is 5.41 Å². The molecule has 1 aliphatic carbocycles. The van der Waals surface area contributed by atoms with Crippen molar-refractivity contribution in [3.05, 3.63) is 46.4 Å². The van der Waals surface area contributed by atoms with E-state index >= 15 is 0 Å². The first-order chi connectivity index (χ1) is 17.6. The Bertz CT molecular complexity index is 1290. The number of hydrogen-bond donors (Lipinski definition) is 1. The van der Waals surface area contributed by atoms with Crippen LogP contribution in [0.1, 0.15) is 52.9 Å². The monoisotopic (exact) mass is 560 g/mol. The van der Waals surface area contributed by atoms with E-state index in [2.05, 4.69) is 20.7 Å². The number of pyridine rings is 1. The van der Waals surface area contributed by atoms with Gasteiger partial charge in [0.2, 0.25) is 5.96 Å². The summed E-state index contributed by atoms with van der Waals surface area (Å²) in [5.41, 5.74) is 1.42. The van der Waals surface area contributed by atoms with Gasteiger partial charge in [-0.25, -0.2) is 14.3 Å². The molecule has 2 aliphatic heterocycles. The predicted octanol–water partition coefficient (Wildman–Crippen LogP) is 4.62. The van der Waals surface area contributed by atoms with Crippen LogP contribution >= 0.6 is 23.4 Å². The molecule has 0 radical (unpaired) electrons. The van der Waals surface area contributed by atoms with Crippen molar-refractivity contribution in [3.8, 4) is 0 Å². The highest BCUT2D eigenvalue weighted by molar-refractivity contribution is 8.03. The van der Waals surface area contributed by atoms with Gasteiger partial charge in [-0.1, -0.05) is 29.8 Å². The lowest BCUT2D eigenvalue weighted by molar-refractivity contribution is 0.122. The van der Waals surface area contributed by atoms with Crippen molar-refractivity contribution in [2.75, 3.05) is 20.1 Å². The second kappa shape index (κ2) is 10.3. The quantitative estimate of drug-likeness (QED) is 0.431. The van der Waals surface area contributed by atoms with E-state index in [1.165, 1.54) is 11.8 Å². The van der Waals surface area contributed by atoms with Crippen LogP contribution in [0.4, 0.5) is 0 Å². The molecular formula is C26H33ClN6O2S2. The Hall–Kier alpha value is -1.94. The lowest BCUT2D eigenvalue weighted by atomic mass is 9.74. The number of aromatic nitrogens is 2. The molecule has 4 heterocycles. The lowest BCUT2D eigenvalue weighted by Gasteiger charge is -2.45. The van der Waals surface area contributed by atoms with Gasteiger partial charge in [-0.15, -0.1) is 4.72 Å². The van der Waals surface area contributed by atoms with Gasteiger partial charge in [0.05, 0.1) is 27.7 Å². The summed E-state index contributed by atoms with van der Waals surface area (Å²) in [4.78, 5) is 22.4. The number of nitrogens with one attached hydrogen (secondary N) is 1. The number of rotatable bonds is 4. The Kier molecular flexibility index (Phi) is 7.44. The van der Waals surface area contributed by atoms with Crippen LogP contribution in [0.15, 0.2) is 51.2 Å². The third kappa shape index (κ3) is 5.07. The first kappa shape index (κ1) is 26.7. The topological polar surface area (TPSA) is 88.3 Å². The van der Waals surface area contributed by atoms with Gasteiger partial charge >= 0.3 is 0 Å². The van der Waals surface area contributed by atoms with Crippen molar-refractivity contribution in [3.63, 3.8) is 0 Å². The molecule has 8 nitrogen and oxygen atoms in total. The molecule has 11 heteroatoms. The van der Waals surface area contributed by atoms with E-state index in [1.54, 1.807) is 16.9 Å². The fourth-order valence-electron chi connectivity index (χ4n) is 5.54. The van der Waals surface area contributed by atoms with Gasteiger partial charge in [-0.2, -0.15) is 5.10 Å². The Morgan fingerprint density at radius 3 is 2.73 bits per heavy atom. The minimum Gasteiger partial charge on any atom is -0.598 e. The number of guanidine groups is 1. The molecule has 2 aromatic rings. The van der Waals surface area contributed by atoms with E-state index in [9.17, 15) is 9.35 Å². The number of thioether (sulfide) groups is 1. The standard InChI is InChI=1S/C26H33ClN6O2S2/c1-25(2,3)37(35)30-22-6-5-9-26(22)10-14-32(15-11-26)24-28-16-21(19(17-34)31(24)4)36-20-8-13-33-18(23(20)27)7-12-29-33/h7-8,12-13,16,22,30H,5-6,9-11,14-15H2,1-4H3/t22-,37?/m1/s1. The van der Waals surface area contributed by atoms with E-state index in [4.69, 9.17) is 16.6 Å². The van der Waals surface area contributed by atoms with Crippen LogP contribution in [0.5, 0.6) is 0 Å². The van der Waals surface area contributed by atoms with Gasteiger partial charge in [0.1, 0.15) is 10.4 Å². The number of aliphatic imine (C=N–C) groups is 1. The number of fused-ring (bicyclic) bond motifs is 1. The zero-order chi connectivity index (χ0) is 26.4. The van der Waals surface area contributed by atoms with Crippen molar-refractivity contribution in [1.82, 2.24) is 24.1 Å². The number of piperidine rings is 1. The number of hydrogen-bond acceptors (Lipinski definition) is 8. The highest BCUT2D eigenvalue weighted by Crippen LogP contribution is 2.47. The van der Waals surface area contributed by atoms with Gasteiger partial charge in [-0.3, -0.25) is 0 Å². The zero-order valence-electron chi connectivity index (χ0n) is 21.7. The molecule has 0 amide bonds. The van der Waals surface area contributed by atoms with Crippen molar-refractivity contribution >= 4 is 52.1 Å². The maximum atomic E-state index is 12.8. The number of nitrogens with zero attached hydrogens (tertiary/aromatic N) is 5. The van der Waals surface area contributed by atoms with Crippen LogP contribution in [-0.4, -0.2) is 66.8 Å². The molecule has 1 spiro atoms. The molecule has 2 fully saturated rings. The van der Waals surface area contributed by atoms with Gasteiger partial charge < -0.3 is 14.4 Å². The Morgan fingerprint density at radius 2 is 2.03 bits per heavy atom. The van der Waals surface area contributed by atoms with Crippen LogP contribution in [-0.2, 0) is 16.2 Å². The van der Waals surface area contributed by atoms with Crippen molar-refractivity contribution < 1.29 is 9.35 Å². The molecule has 5 rings (SSSR count). The van der Waals surface area contributed by atoms with E-state index in [0.29, 0.717) is 15.6 Å². The summed E-state index contributed by atoms with van der Waals surface area (Å²) in [5.74, 6) is 2.89. The number of carbonyl (C=O) groups excluding carboxylic acids is 1. The molecule has 2 aromatic heterocycles. The minimum atomic E-state index is -1.07. The number of likely N-dealkylation sites (tertiary alicyclic amines) is 1. The summed E-state index contributed by atoms with van der Waals surface area (Å²) in [5, 5.41) is 4.80. The second-order valence-electron chi connectivity index (χ2n) is 11.0. The maximum absolute atomic E-state index is 12.8. The zero-order valence-corrected chi connectivity index (χ0v) is 24.0. The first-order valence-corrected chi connectivity index (χ1v) is 15.0. The molecule has 3 aliphatic rings. The highest BCUT2D eigenvalue weighted by Gasteiger charge is 2.48. The molecule has 1 saturated heterocycles. The van der Waals surface area contributed by atoms with Crippen LogP contribution < -0.4 is 4.72 Å². The normalized spacial score (nSPS) is 22.9. The van der Waals surface area contributed by atoms with Crippen LogP contribution in [0.25, 0.3) is 5.52 Å². The third-order valence-corrected chi connectivity index (χ3v) is 10.9. The molecule has 37 heavy (non-hydrogen) atoms. The van der Waals surface area contributed by atoms with E-state index in [1.807, 2.05) is 51.0 Å². The summed E-state index contributed by atoms with van der Waals surface area (Å²) in [6.07, 6.45) is 10.7. The summed E-state index contributed by atoms with van der Waals surface area (Å²) >= 11 is 6.94. The molecule has 1 saturated carbocycles. The third-order valence-electron chi connectivity index (χ3n) is 7.72. The highest BCUT2D eigenvalue weighted by atomic mass is 35.5. The maximum Gasteiger partial charge on any atom is 0.206 e. The van der Waals surface area contributed by atoms with Gasteiger partial charge in [0.15, 0.2) is 5.94 Å². The SMILES string of the molecule is CN1C(=C=O)C(Sc2ccn3nccc3c2Cl)=CN=C1N1CCC2(CCC[C@H]2N[S+]([O-])C(C)(C)C)CC1. The Labute approximate surface area is 230 Å². The molecule has 1 N–H and O–H groups in total. The molecule has 0 aromatic carbocycles. The van der Waals surface area contributed by atoms with E-state index < -0.39 is 11.4 Å². The van der Waals surface area contributed by atoms with E-state index in [-0.39, 0.29) is 16.2 Å². The summed E-state index contributed by atoms with van der Waals surface area (Å²) in [6.45, 7) is 7.73. The first-order valence-electron chi connectivity index (χ1n) is 12.6. The van der Waals surface area contributed by atoms with E-state index in [0.717, 1.165) is 61.6 Å². The van der Waals surface area contributed by atoms with Gasteiger partial charge in [0, 0.05) is 48.8 Å². The fraction of sp³-hybridized carbons (Fsp3) is 0.538. The lowest BCUT2D eigenvalue weighted by Crippen LogP contribution is -2.55. The molecule has 2 atom stereocenters. The smallest absolute Gasteiger partial charge is 0.206 e. The number of likely N-dealkylation sites (N-methyl/N-ethyl adjacent to an activating group) is 1. The minimum absolute atomic E-state index is 0.161. The average Bonchev–Trinajstić information content (AvgIpc) is 3.49. The largest absolute Gasteiger partial charge is 0.598 e. The average molecular weight is 561 g/mol. The second-order valence-corrected chi connectivity index (χ2v) is 14.4. The van der Waals surface area contributed by atoms with Crippen LogP contribution in [0.2, 0.25) is 5.02 Å². The predicted molar refractivity (Wildman–Crippen MR) is 150 cm³/mol. The summed E-state index contributed by atoms with van der Waals surface area (Å²) in [7, 11) is 1.87. The molecule has 198 valence electrons. The Morgan fingerprint density at radius 1 is 1.27 bits per heavy atom. The van der Waals surface area contributed by atoms with Crippen LogP contribution in [0.3, 0.4) is 0 Å². The van der Waals surface area contributed by atoms with Crippen molar-refractivity contribution in [2.24, 2.45) is 10.4 Å². The van der Waals surface area contributed by atoms with Crippen molar-refractivity contribution in [2.45, 2.75) is 68.6 Å². The summed E-state index contributed by atoms with van der Waals surface area (Å²) in [6, 6.07) is 4.01. The van der Waals surface area contributed by atoms with Crippen molar-refractivity contribution in [1.29, 1.82) is 0 Å². The molecule has 0 bridgehead atoms. The number of halogens is 1. The van der Waals surface area contributed by atoms with Gasteiger partial charge in [0.25, 0.3) is 0 Å².